The maximum atomic E-state index is 11.6. The van der Waals surface area contributed by atoms with Gasteiger partial charge in [0, 0.05) is 18.5 Å². The summed E-state index contributed by atoms with van der Waals surface area (Å²) >= 11 is 0. The fourth-order valence-corrected chi connectivity index (χ4v) is 1.69. The van der Waals surface area contributed by atoms with Crippen LogP contribution in [0.4, 0.5) is 0 Å². The Balaban J connectivity index is 2.22. The molecule has 1 unspecified atom stereocenters. The van der Waals surface area contributed by atoms with Crippen molar-refractivity contribution in [3.05, 3.63) is 0 Å². The predicted molar refractivity (Wildman–Crippen MR) is 53.5 cm³/mol. The molecule has 1 fully saturated rings. The van der Waals surface area contributed by atoms with Crippen molar-refractivity contribution in [2.45, 2.75) is 39.2 Å². The lowest BCUT2D eigenvalue weighted by molar-refractivity contribution is -0.125. The highest BCUT2D eigenvalue weighted by Crippen LogP contribution is 2.06. The quantitative estimate of drug-likeness (QED) is 0.681. The highest BCUT2D eigenvalue weighted by atomic mass is 16.1. The summed E-state index contributed by atoms with van der Waals surface area (Å²) in [7, 11) is 0. The minimum atomic E-state index is 0.172. The Kier molecular flexibility index (Phi) is 4.22. The molecule has 0 bridgehead atoms. The van der Waals surface area contributed by atoms with Gasteiger partial charge in [-0.15, -0.1) is 0 Å². The van der Waals surface area contributed by atoms with Gasteiger partial charge in [-0.3, -0.25) is 4.79 Å². The van der Waals surface area contributed by atoms with Gasteiger partial charge in [0.2, 0.25) is 5.91 Å². The molecule has 1 saturated heterocycles. The molecule has 0 aromatic heterocycles. The van der Waals surface area contributed by atoms with Gasteiger partial charge in [-0.25, -0.2) is 0 Å². The van der Waals surface area contributed by atoms with Gasteiger partial charge in [-0.1, -0.05) is 20.3 Å². The van der Waals surface area contributed by atoms with Gasteiger partial charge in [0.25, 0.3) is 0 Å². The number of hydrogen-bond acceptors (Lipinski definition) is 2. The molecule has 0 aromatic carbocycles. The largest absolute Gasteiger partial charge is 0.352 e. The number of hydrogen-bond donors (Lipinski definition) is 2. The molecule has 1 aliphatic rings. The van der Waals surface area contributed by atoms with Gasteiger partial charge in [0.15, 0.2) is 0 Å². The molecular formula is C10H20N2O. The zero-order valence-electron chi connectivity index (χ0n) is 8.60. The second-order valence-electron chi connectivity index (χ2n) is 3.89. The maximum absolute atomic E-state index is 11.6. The number of amides is 1. The minimum absolute atomic E-state index is 0.172. The molecule has 1 aliphatic heterocycles. The van der Waals surface area contributed by atoms with Crippen LogP contribution in [0.1, 0.15) is 33.1 Å². The fraction of sp³-hybridized carbons (Fsp3) is 0.900. The van der Waals surface area contributed by atoms with Crippen molar-refractivity contribution in [3.8, 4) is 0 Å². The molecule has 1 amide bonds. The molecule has 0 radical (unpaired) electrons. The van der Waals surface area contributed by atoms with Gasteiger partial charge in [-0.2, -0.15) is 0 Å². The Morgan fingerprint density at radius 3 is 3.00 bits per heavy atom. The summed E-state index contributed by atoms with van der Waals surface area (Å²) in [6.07, 6.45) is 3.15. The number of rotatable bonds is 4. The summed E-state index contributed by atoms with van der Waals surface area (Å²) in [4.78, 5) is 11.6. The highest BCUT2D eigenvalue weighted by Gasteiger charge is 2.19. The molecule has 3 heteroatoms. The monoisotopic (exact) mass is 184 g/mol. The number of nitrogens with one attached hydrogen (secondary N) is 2. The second kappa shape index (κ2) is 5.22. The van der Waals surface area contributed by atoms with Crippen LogP contribution in [0.25, 0.3) is 0 Å². The van der Waals surface area contributed by atoms with Gasteiger partial charge in [-0.05, 0) is 19.4 Å². The van der Waals surface area contributed by atoms with E-state index in [-0.39, 0.29) is 11.8 Å². The van der Waals surface area contributed by atoms with Crippen LogP contribution in [-0.2, 0) is 4.79 Å². The lowest BCUT2D eigenvalue weighted by Gasteiger charge is -2.15. The van der Waals surface area contributed by atoms with Crippen LogP contribution in [0.5, 0.6) is 0 Å². The maximum Gasteiger partial charge on any atom is 0.223 e. The third kappa shape index (κ3) is 3.35. The van der Waals surface area contributed by atoms with Gasteiger partial charge < -0.3 is 10.6 Å². The zero-order chi connectivity index (χ0) is 9.68. The van der Waals surface area contributed by atoms with E-state index in [2.05, 4.69) is 17.6 Å². The first-order chi connectivity index (χ1) is 6.24. The lowest BCUT2D eigenvalue weighted by atomic mass is 10.0. The first-order valence-corrected chi connectivity index (χ1v) is 5.25. The third-order valence-electron chi connectivity index (χ3n) is 2.58. The molecule has 0 aromatic rings. The van der Waals surface area contributed by atoms with Crippen LogP contribution >= 0.6 is 0 Å². The molecule has 1 heterocycles. The van der Waals surface area contributed by atoms with E-state index in [0.29, 0.717) is 6.04 Å². The predicted octanol–water partition coefficient (Wildman–Crippen LogP) is 0.901. The van der Waals surface area contributed by atoms with Crippen molar-refractivity contribution in [1.29, 1.82) is 0 Å². The van der Waals surface area contributed by atoms with Crippen LogP contribution in [-0.4, -0.2) is 25.0 Å². The molecule has 0 spiro atoms. The summed E-state index contributed by atoms with van der Waals surface area (Å²) in [5.74, 6) is 0.390. The van der Waals surface area contributed by atoms with E-state index in [0.717, 1.165) is 32.4 Å². The Labute approximate surface area is 80.3 Å². The van der Waals surface area contributed by atoms with Crippen LogP contribution in [0.3, 0.4) is 0 Å². The summed E-state index contributed by atoms with van der Waals surface area (Å²) in [6.45, 7) is 6.08. The number of carbonyl (C=O) groups is 1. The smallest absolute Gasteiger partial charge is 0.223 e. The van der Waals surface area contributed by atoms with Crippen molar-refractivity contribution in [2.24, 2.45) is 5.92 Å². The molecule has 13 heavy (non-hydrogen) atoms. The Morgan fingerprint density at radius 1 is 1.69 bits per heavy atom. The topological polar surface area (TPSA) is 41.1 Å². The van der Waals surface area contributed by atoms with Crippen LogP contribution < -0.4 is 10.6 Å². The van der Waals surface area contributed by atoms with E-state index in [9.17, 15) is 4.79 Å². The van der Waals surface area contributed by atoms with Crippen molar-refractivity contribution >= 4 is 5.91 Å². The fourth-order valence-electron chi connectivity index (χ4n) is 1.69. The Hall–Kier alpha value is -0.570. The van der Waals surface area contributed by atoms with Crippen molar-refractivity contribution in [1.82, 2.24) is 10.6 Å². The average molecular weight is 184 g/mol. The van der Waals surface area contributed by atoms with E-state index in [1.54, 1.807) is 0 Å². The molecule has 3 nitrogen and oxygen atoms in total. The molecule has 0 saturated carbocycles. The standard InChI is InChI=1S/C10H20N2O/c1-3-4-8(2)10(13)12-9-5-6-11-7-9/h8-9,11H,3-7H2,1-2H3,(H,12,13)/t8?,9-/m0/s1. The summed E-state index contributed by atoms with van der Waals surface area (Å²) in [5.41, 5.74) is 0. The van der Waals surface area contributed by atoms with Gasteiger partial charge >= 0.3 is 0 Å². The van der Waals surface area contributed by atoms with Crippen LogP contribution in [0, 0.1) is 5.92 Å². The molecular weight excluding hydrogens is 164 g/mol. The Bertz CT molecular complexity index is 164. The van der Waals surface area contributed by atoms with Gasteiger partial charge in [0.1, 0.15) is 0 Å². The normalized spacial score (nSPS) is 24.3. The summed E-state index contributed by atoms with van der Waals surface area (Å²) in [5, 5.41) is 6.30. The SMILES string of the molecule is CCCC(C)C(=O)N[C@H]1CCNC1. The highest BCUT2D eigenvalue weighted by molar-refractivity contribution is 5.78. The van der Waals surface area contributed by atoms with E-state index in [1.165, 1.54) is 0 Å². The van der Waals surface area contributed by atoms with E-state index >= 15 is 0 Å². The summed E-state index contributed by atoms with van der Waals surface area (Å²) < 4.78 is 0. The molecule has 2 atom stereocenters. The van der Waals surface area contributed by atoms with Gasteiger partial charge in [0.05, 0.1) is 0 Å². The summed E-state index contributed by atoms with van der Waals surface area (Å²) in [6, 6.07) is 0.367. The van der Waals surface area contributed by atoms with E-state index < -0.39 is 0 Å². The lowest BCUT2D eigenvalue weighted by Crippen LogP contribution is -2.39. The molecule has 1 rings (SSSR count). The second-order valence-corrected chi connectivity index (χ2v) is 3.89. The first-order valence-electron chi connectivity index (χ1n) is 5.25. The zero-order valence-corrected chi connectivity index (χ0v) is 8.60. The van der Waals surface area contributed by atoms with Crippen LogP contribution in [0.15, 0.2) is 0 Å². The molecule has 76 valence electrons. The molecule has 2 N–H and O–H groups in total. The van der Waals surface area contributed by atoms with E-state index in [4.69, 9.17) is 0 Å². The van der Waals surface area contributed by atoms with Crippen molar-refractivity contribution in [2.75, 3.05) is 13.1 Å². The minimum Gasteiger partial charge on any atom is -0.352 e. The number of carbonyl (C=O) groups excluding carboxylic acids is 1. The third-order valence-corrected chi connectivity index (χ3v) is 2.58. The first kappa shape index (κ1) is 10.5. The Morgan fingerprint density at radius 2 is 2.46 bits per heavy atom. The average Bonchev–Trinajstić information content (AvgIpc) is 2.57. The van der Waals surface area contributed by atoms with Crippen molar-refractivity contribution in [3.63, 3.8) is 0 Å². The van der Waals surface area contributed by atoms with Crippen molar-refractivity contribution < 1.29 is 4.79 Å². The molecule has 0 aliphatic carbocycles. The van der Waals surface area contributed by atoms with Crippen LogP contribution in [0.2, 0.25) is 0 Å². The van der Waals surface area contributed by atoms with E-state index in [1.807, 2.05) is 6.92 Å².